The molecular weight excluding hydrogens is 126 g/mol. The van der Waals surface area contributed by atoms with Crippen LogP contribution < -0.4 is 5.73 Å². The van der Waals surface area contributed by atoms with Crippen LogP contribution in [0.2, 0.25) is 0 Å². The van der Waals surface area contributed by atoms with Crippen LogP contribution in [0, 0.1) is 5.92 Å². The van der Waals surface area contributed by atoms with Crippen molar-refractivity contribution in [2.24, 2.45) is 11.7 Å². The van der Waals surface area contributed by atoms with Crippen molar-refractivity contribution in [2.45, 2.75) is 39.7 Å². The van der Waals surface area contributed by atoms with Gasteiger partial charge in [0, 0.05) is 18.4 Å². The van der Waals surface area contributed by atoms with E-state index in [0.717, 1.165) is 6.42 Å². The molecule has 0 amide bonds. The van der Waals surface area contributed by atoms with Crippen molar-refractivity contribution in [2.75, 3.05) is 0 Å². The molecule has 0 saturated carbocycles. The number of Topliss-reactive ketones (excluding diaryl/α,β-unsaturated/α-hetero) is 1. The van der Waals surface area contributed by atoms with Crippen molar-refractivity contribution in [1.82, 2.24) is 0 Å². The molecule has 2 heteroatoms. The summed E-state index contributed by atoms with van der Waals surface area (Å²) in [7, 11) is 0. The summed E-state index contributed by atoms with van der Waals surface area (Å²) in [6.07, 6.45) is 1.45. The van der Waals surface area contributed by atoms with E-state index in [1.165, 1.54) is 0 Å². The quantitative estimate of drug-likeness (QED) is 0.645. The largest absolute Gasteiger partial charge is 0.328 e. The minimum atomic E-state index is 0.155. The number of hydrogen-bond acceptors (Lipinski definition) is 2. The molecule has 60 valence electrons. The lowest BCUT2D eigenvalue weighted by Gasteiger charge is -2.05. The zero-order valence-electron chi connectivity index (χ0n) is 7.05. The Hall–Kier alpha value is -0.370. The van der Waals surface area contributed by atoms with Gasteiger partial charge in [0.15, 0.2) is 0 Å². The zero-order valence-corrected chi connectivity index (χ0v) is 7.05. The van der Waals surface area contributed by atoms with Gasteiger partial charge in [-0.2, -0.15) is 0 Å². The van der Waals surface area contributed by atoms with Gasteiger partial charge in [-0.1, -0.05) is 13.8 Å². The van der Waals surface area contributed by atoms with Crippen LogP contribution in [0.15, 0.2) is 0 Å². The zero-order chi connectivity index (χ0) is 8.15. The second kappa shape index (κ2) is 4.45. The van der Waals surface area contributed by atoms with Crippen LogP contribution in [-0.4, -0.2) is 11.8 Å². The van der Waals surface area contributed by atoms with Gasteiger partial charge in [0.1, 0.15) is 5.78 Å². The lowest BCUT2D eigenvalue weighted by atomic mass is 10.0. The third-order valence-electron chi connectivity index (χ3n) is 1.49. The van der Waals surface area contributed by atoms with E-state index < -0.39 is 0 Å². The minimum absolute atomic E-state index is 0.155. The molecule has 2 N–H and O–H groups in total. The van der Waals surface area contributed by atoms with Crippen molar-refractivity contribution in [1.29, 1.82) is 0 Å². The highest BCUT2D eigenvalue weighted by molar-refractivity contribution is 5.80. The molecule has 0 rings (SSSR count). The fraction of sp³-hybridized carbons (Fsp3) is 0.875. The van der Waals surface area contributed by atoms with Crippen LogP contribution in [0.3, 0.4) is 0 Å². The Labute approximate surface area is 62.8 Å². The summed E-state index contributed by atoms with van der Waals surface area (Å²) in [5.74, 6) is 0.482. The summed E-state index contributed by atoms with van der Waals surface area (Å²) < 4.78 is 0. The smallest absolute Gasteiger partial charge is 0.135 e. The molecule has 0 saturated heterocycles. The summed E-state index contributed by atoms with van der Waals surface area (Å²) in [5.41, 5.74) is 5.49. The van der Waals surface area contributed by atoms with Gasteiger partial charge < -0.3 is 5.73 Å². The monoisotopic (exact) mass is 143 g/mol. The first kappa shape index (κ1) is 9.63. The Balaban J connectivity index is 3.40. The predicted molar refractivity (Wildman–Crippen MR) is 42.7 cm³/mol. The number of carbonyl (C=O) groups is 1. The number of nitrogens with two attached hydrogens (primary N) is 1. The summed E-state index contributed by atoms with van der Waals surface area (Å²) in [6, 6.07) is 0.155. The SMILES string of the molecule is CC(N)CCC(=O)C(C)C. The maximum atomic E-state index is 11.0. The Morgan fingerprint density at radius 2 is 1.90 bits per heavy atom. The van der Waals surface area contributed by atoms with E-state index in [2.05, 4.69) is 0 Å². The van der Waals surface area contributed by atoms with Crippen molar-refractivity contribution in [3.8, 4) is 0 Å². The molecule has 1 unspecified atom stereocenters. The molecular formula is C8H17NO. The van der Waals surface area contributed by atoms with Crippen molar-refractivity contribution in [3.05, 3.63) is 0 Å². The maximum Gasteiger partial charge on any atom is 0.135 e. The fourth-order valence-corrected chi connectivity index (χ4v) is 0.659. The van der Waals surface area contributed by atoms with Crippen LogP contribution in [0.5, 0.6) is 0 Å². The number of rotatable bonds is 4. The maximum absolute atomic E-state index is 11.0. The van der Waals surface area contributed by atoms with Crippen LogP contribution in [0.1, 0.15) is 33.6 Å². The fourth-order valence-electron chi connectivity index (χ4n) is 0.659. The van der Waals surface area contributed by atoms with Gasteiger partial charge in [0.2, 0.25) is 0 Å². The van der Waals surface area contributed by atoms with Gasteiger partial charge in [-0.25, -0.2) is 0 Å². The van der Waals surface area contributed by atoms with E-state index >= 15 is 0 Å². The first-order valence-electron chi connectivity index (χ1n) is 3.82. The van der Waals surface area contributed by atoms with Gasteiger partial charge in [-0.3, -0.25) is 4.79 Å². The Kier molecular flexibility index (Phi) is 4.28. The third kappa shape index (κ3) is 4.50. The van der Waals surface area contributed by atoms with Gasteiger partial charge in [-0.15, -0.1) is 0 Å². The molecule has 0 fully saturated rings. The summed E-state index contributed by atoms with van der Waals surface area (Å²) in [5, 5.41) is 0. The highest BCUT2D eigenvalue weighted by Crippen LogP contribution is 2.02. The Bertz CT molecular complexity index is 108. The molecule has 0 aliphatic heterocycles. The lowest BCUT2D eigenvalue weighted by Crippen LogP contribution is -2.17. The van der Waals surface area contributed by atoms with Gasteiger partial charge >= 0.3 is 0 Å². The van der Waals surface area contributed by atoms with Crippen LogP contribution in [0.4, 0.5) is 0 Å². The molecule has 0 bridgehead atoms. The molecule has 0 aromatic carbocycles. The average Bonchev–Trinajstić information content (AvgIpc) is 1.82. The molecule has 0 aliphatic rings. The number of hydrogen-bond donors (Lipinski definition) is 1. The molecule has 0 radical (unpaired) electrons. The average molecular weight is 143 g/mol. The first-order valence-corrected chi connectivity index (χ1v) is 3.82. The second-order valence-electron chi connectivity index (χ2n) is 3.14. The molecule has 2 nitrogen and oxygen atoms in total. The molecule has 10 heavy (non-hydrogen) atoms. The topological polar surface area (TPSA) is 43.1 Å². The molecule has 1 atom stereocenters. The normalized spacial score (nSPS) is 13.7. The number of carbonyl (C=O) groups excluding carboxylic acids is 1. The standard InChI is InChI=1S/C8H17NO/c1-6(2)8(10)5-4-7(3)9/h6-7H,4-5,9H2,1-3H3. The summed E-state index contributed by atoms with van der Waals surface area (Å²) in [4.78, 5) is 11.0. The van der Waals surface area contributed by atoms with Crippen LogP contribution >= 0.6 is 0 Å². The predicted octanol–water partition coefficient (Wildman–Crippen LogP) is 1.34. The van der Waals surface area contributed by atoms with Gasteiger partial charge in [0.25, 0.3) is 0 Å². The highest BCUT2D eigenvalue weighted by atomic mass is 16.1. The molecule has 0 aliphatic carbocycles. The molecule has 0 aromatic rings. The molecule has 0 heterocycles. The lowest BCUT2D eigenvalue weighted by molar-refractivity contribution is -0.122. The third-order valence-corrected chi connectivity index (χ3v) is 1.49. The van der Waals surface area contributed by atoms with E-state index in [1.54, 1.807) is 0 Å². The molecule has 0 aromatic heterocycles. The van der Waals surface area contributed by atoms with Gasteiger partial charge in [-0.05, 0) is 13.3 Å². The van der Waals surface area contributed by atoms with Crippen molar-refractivity contribution in [3.63, 3.8) is 0 Å². The molecule has 0 spiro atoms. The van der Waals surface area contributed by atoms with Crippen LogP contribution in [-0.2, 0) is 4.79 Å². The van der Waals surface area contributed by atoms with Crippen molar-refractivity contribution >= 4 is 5.78 Å². The first-order chi connectivity index (χ1) is 4.54. The second-order valence-corrected chi connectivity index (χ2v) is 3.14. The van der Waals surface area contributed by atoms with E-state index in [-0.39, 0.29) is 12.0 Å². The van der Waals surface area contributed by atoms with Crippen molar-refractivity contribution < 1.29 is 4.79 Å². The van der Waals surface area contributed by atoms with Crippen LogP contribution in [0.25, 0.3) is 0 Å². The van der Waals surface area contributed by atoms with E-state index in [1.807, 2.05) is 20.8 Å². The van der Waals surface area contributed by atoms with Gasteiger partial charge in [0.05, 0.1) is 0 Å². The summed E-state index contributed by atoms with van der Waals surface area (Å²) >= 11 is 0. The Morgan fingerprint density at radius 3 is 2.20 bits per heavy atom. The number of ketones is 1. The van der Waals surface area contributed by atoms with E-state index in [0.29, 0.717) is 12.2 Å². The minimum Gasteiger partial charge on any atom is -0.328 e. The Morgan fingerprint density at radius 1 is 1.40 bits per heavy atom. The highest BCUT2D eigenvalue weighted by Gasteiger charge is 2.06. The summed E-state index contributed by atoms with van der Waals surface area (Å²) in [6.45, 7) is 5.76. The van der Waals surface area contributed by atoms with E-state index in [4.69, 9.17) is 5.73 Å². The van der Waals surface area contributed by atoms with E-state index in [9.17, 15) is 4.79 Å².